The van der Waals surface area contributed by atoms with Crippen LogP contribution in [-0.2, 0) is 19.6 Å². The molecule has 1 unspecified atom stereocenters. The molecule has 1 aliphatic heterocycles. The molecule has 0 saturated carbocycles. The average molecular weight is 396 g/mol. The monoisotopic (exact) mass is 395 g/mol. The van der Waals surface area contributed by atoms with Gasteiger partial charge in [0.1, 0.15) is 5.75 Å². The van der Waals surface area contributed by atoms with Gasteiger partial charge in [-0.2, -0.15) is 0 Å². The van der Waals surface area contributed by atoms with Gasteiger partial charge in [-0.25, -0.2) is 8.42 Å². The summed E-state index contributed by atoms with van der Waals surface area (Å²) < 4.78 is 37.0. The lowest BCUT2D eigenvalue weighted by Crippen LogP contribution is -2.26. The van der Waals surface area contributed by atoms with Crippen LogP contribution in [0.15, 0.2) is 53.4 Å². The van der Waals surface area contributed by atoms with Gasteiger partial charge < -0.3 is 9.47 Å². The van der Waals surface area contributed by atoms with E-state index >= 15 is 0 Å². The normalized spacial score (nSPS) is 17.1. The number of anilines is 1. The molecule has 0 aromatic heterocycles. The van der Waals surface area contributed by atoms with Crippen LogP contribution < -0.4 is 9.04 Å². The number of carbonyl (C=O) groups excluding carboxylic acids is 1. The minimum Gasteiger partial charge on any atom is -0.426 e. The van der Waals surface area contributed by atoms with Crippen molar-refractivity contribution in [2.45, 2.75) is 11.3 Å². The minimum atomic E-state index is -3.71. The number of hydrogen-bond acceptors (Lipinski definition) is 5. The van der Waals surface area contributed by atoms with Crippen LogP contribution in [0.4, 0.5) is 5.69 Å². The molecule has 0 aliphatic carbocycles. The van der Waals surface area contributed by atoms with E-state index in [0.29, 0.717) is 36.1 Å². The summed E-state index contributed by atoms with van der Waals surface area (Å²) in [6.07, 6.45) is 0.652. The number of halogens is 1. The number of nitrogens with zero attached hydrogens (tertiary/aromatic N) is 1. The van der Waals surface area contributed by atoms with Crippen LogP contribution in [0, 0.1) is 5.92 Å². The number of ether oxygens (including phenoxy) is 2. The molecule has 1 heterocycles. The topological polar surface area (TPSA) is 72.9 Å². The maximum absolute atomic E-state index is 12.7. The molecule has 2 aromatic carbocycles. The summed E-state index contributed by atoms with van der Waals surface area (Å²) in [5, 5.41) is 0.463. The zero-order chi connectivity index (χ0) is 18.7. The van der Waals surface area contributed by atoms with Gasteiger partial charge in [0.25, 0.3) is 10.0 Å². The van der Waals surface area contributed by atoms with Crippen molar-refractivity contribution in [1.82, 2.24) is 0 Å². The van der Waals surface area contributed by atoms with Gasteiger partial charge in [-0.05, 0) is 55.0 Å². The van der Waals surface area contributed by atoms with Crippen LogP contribution in [0.25, 0.3) is 0 Å². The molecule has 8 heteroatoms. The van der Waals surface area contributed by atoms with Gasteiger partial charge in [0.2, 0.25) is 0 Å². The molecule has 3 rings (SSSR count). The quantitative estimate of drug-likeness (QED) is 0.574. The third-order valence-electron chi connectivity index (χ3n) is 4.15. The summed E-state index contributed by atoms with van der Waals surface area (Å²) >= 11 is 5.81. The van der Waals surface area contributed by atoms with Crippen molar-refractivity contribution in [3.05, 3.63) is 53.6 Å². The van der Waals surface area contributed by atoms with Gasteiger partial charge in [0.15, 0.2) is 0 Å². The Bertz CT molecular complexity index is 875. The Labute approximate surface area is 157 Å². The number of sulfonamides is 1. The minimum absolute atomic E-state index is 0.140. The number of rotatable bonds is 5. The molecule has 1 fully saturated rings. The molecule has 0 N–H and O–H groups in total. The molecule has 6 nitrogen and oxygen atoms in total. The fraction of sp³-hybridized carbons (Fsp3) is 0.278. The summed E-state index contributed by atoms with van der Waals surface area (Å²) in [5.41, 5.74) is 0.448. The Hall–Kier alpha value is -2.09. The van der Waals surface area contributed by atoms with Gasteiger partial charge >= 0.3 is 5.97 Å². The second-order valence-electron chi connectivity index (χ2n) is 5.90. The highest BCUT2D eigenvalue weighted by molar-refractivity contribution is 7.92. The van der Waals surface area contributed by atoms with E-state index in [1.165, 1.54) is 31.3 Å². The van der Waals surface area contributed by atoms with Crippen molar-refractivity contribution < 1.29 is 22.7 Å². The van der Waals surface area contributed by atoms with Crippen molar-refractivity contribution in [2.24, 2.45) is 5.92 Å². The van der Waals surface area contributed by atoms with Crippen molar-refractivity contribution >= 4 is 33.3 Å². The van der Waals surface area contributed by atoms with E-state index in [1.54, 1.807) is 24.3 Å². The molecule has 2 aromatic rings. The smallest absolute Gasteiger partial charge is 0.316 e. The summed E-state index contributed by atoms with van der Waals surface area (Å²) in [5.74, 6) is -0.219. The Kier molecular flexibility index (Phi) is 5.50. The maximum atomic E-state index is 12.7. The first kappa shape index (κ1) is 18.7. The fourth-order valence-electron chi connectivity index (χ4n) is 2.55. The molecular formula is C18H18ClNO5S. The lowest BCUT2D eigenvalue weighted by Gasteiger charge is -2.20. The van der Waals surface area contributed by atoms with Gasteiger partial charge in [-0.3, -0.25) is 9.10 Å². The maximum Gasteiger partial charge on any atom is 0.316 e. The van der Waals surface area contributed by atoms with Crippen LogP contribution in [0.1, 0.15) is 6.42 Å². The number of carbonyl (C=O) groups is 1. The molecule has 1 atom stereocenters. The predicted molar refractivity (Wildman–Crippen MR) is 98.0 cm³/mol. The molecule has 138 valence electrons. The number of esters is 1. The first-order valence-electron chi connectivity index (χ1n) is 8.02. The Morgan fingerprint density at radius 1 is 1.15 bits per heavy atom. The third kappa shape index (κ3) is 4.00. The standard InChI is InChI=1S/C18H18ClNO5S/c1-20(26(22,23)17-8-2-14(19)3-9-17)15-4-6-16(7-5-15)25-18(21)13-10-11-24-12-13/h2-9,13H,10-12H2,1H3. The first-order chi connectivity index (χ1) is 12.4. The molecule has 0 bridgehead atoms. The Balaban J connectivity index is 1.72. The first-order valence-corrected chi connectivity index (χ1v) is 9.84. The highest BCUT2D eigenvalue weighted by Gasteiger charge is 2.26. The lowest BCUT2D eigenvalue weighted by atomic mass is 10.1. The van der Waals surface area contributed by atoms with E-state index in [0.717, 1.165) is 4.31 Å². The zero-order valence-electron chi connectivity index (χ0n) is 14.1. The van der Waals surface area contributed by atoms with E-state index in [1.807, 2.05) is 0 Å². The van der Waals surface area contributed by atoms with Crippen LogP contribution >= 0.6 is 11.6 Å². The van der Waals surface area contributed by atoms with E-state index in [4.69, 9.17) is 21.1 Å². The van der Waals surface area contributed by atoms with E-state index in [9.17, 15) is 13.2 Å². The van der Waals surface area contributed by atoms with Crippen molar-refractivity contribution in [3.8, 4) is 5.75 Å². The van der Waals surface area contributed by atoms with Crippen molar-refractivity contribution in [3.63, 3.8) is 0 Å². The summed E-state index contributed by atoms with van der Waals surface area (Å²) in [7, 11) is -2.25. The molecule has 0 spiro atoms. The molecule has 1 aliphatic rings. The second-order valence-corrected chi connectivity index (χ2v) is 8.31. The molecule has 1 saturated heterocycles. The van der Waals surface area contributed by atoms with E-state index < -0.39 is 10.0 Å². The lowest BCUT2D eigenvalue weighted by molar-refractivity contribution is -0.138. The van der Waals surface area contributed by atoms with Gasteiger partial charge in [0, 0.05) is 18.7 Å². The van der Waals surface area contributed by atoms with Gasteiger partial charge in [-0.15, -0.1) is 0 Å². The number of hydrogen-bond donors (Lipinski definition) is 0. The van der Waals surface area contributed by atoms with Gasteiger partial charge in [-0.1, -0.05) is 11.6 Å². The number of benzene rings is 2. The molecule has 26 heavy (non-hydrogen) atoms. The highest BCUT2D eigenvalue weighted by Crippen LogP contribution is 2.26. The van der Waals surface area contributed by atoms with Crippen LogP contribution in [0.2, 0.25) is 5.02 Å². The van der Waals surface area contributed by atoms with Crippen LogP contribution in [0.3, 0.4) is 0 Å². The van der Waals surface area contributed by atoms with Crippen molar-refractivity contribution in [2.75, 3.05) is 24.6 Å². The zero-order valence-corrected chi connectivity index (χ0v) is 15.7. The van der Waals surface area contributed by atoms with E-state index in [2.05, 4.69) is 0 Å². The summed E-state index contributed by atoms with van der Waals surface area (Å²) in [6, 6.07) is 12.3. The molecular weight excluding hydrogens is 378 g/mol. The fourth-order valence-corrected chi connectivity index (χ4v) is 3.87. The summed E-state index contributed by atoms with van der Waals surface area (Å²) in [4.78, 5) is 12.1. The average Bonchev–Trinajstić information content (AvgIpc) is 3.17. The van der Waals surface area contributed by atoms with Crippen LogP contribution in [0.5, 0.6) is 5.75 Å². The Morgan fingerprint density at radius 2 is 1.81 bits per heavy atom. The largest absolute Gasteiger partial charge is 0.426 e. The third-order valence-corrected chi connectivity index (χ3v) is 6.21. The Morgan fingerprint density at radius 3 is 2.38 bits per heavy atom. The van der Waals surface area contributed by atoms with Crippen molar-refractivity contribution in [1.29, 1.82) is 0 Å². The molecule has 0 radical (unpaired) electrons. The highest BCUT2D eigenvalue weighted by atomic mass is 35.5. The SMILES string of the molecule is CN(c1ccc(OC(=O)C2CCOC2)cc1)S(=O)(=O)c1ccc(Cl)cc1. The summed E-state index contributed by atoms with van der Waals surface area (Å²) in [6.45, 7) is 0.936. The van der Waals surface area contributed by atoms with Crippen LogP contribution in [-0.4, -0.2) is 34.6 Å². The van der Waals surface area contributed by atoms with Gasteiger partial charge in [0.05, 0.1) is 23.1 Å². The molecule has 0 amide bonds. The predicted octanol–water partition coefficient (Wildman–Crippen LogP) is 3.11. The second kappa shape index (κ2) is 7.65. The van der Waals surface area contributed by atoms with E-state index in [-0.39, 0.29) is 16.8 Å².